The first-order valence-electron chi connectivity index (χ1n) is 3.43. The minimum Gasteiger partial charge on any atom is -0.289 e. The quantitative estimate of drug-likeness (QED) is 0.423. The molecule has 0 unspecified atom stereocenters. The first-order valence-corrected chi connectivity index (χ1v) is 3.87. The third kappa shape index (κ3) is 2.12. The van der Waals surface area contributed by atoms with Gasteiger partial charge in [0.15, 0.2) is 0 Å². The van der Waals surface area contributed by atoms with Crippen LogP contribution >= 0.6 is 11.6 Å². The van der Waals surface area contributed by atoms with Crippen LogP contribution in [0.25, 0.3) is 0 Å². The maximum atomic E-state index is 5.72. The summed E-state index contributed by atoms with van der Waals surface area (Å²) in [6, 6.07) is 0. The lowest BCUT2D eigenvalue weighted by atomic mass is 10.1. The van der Waals surface area contributed by atoms with Gasteiger partial charge in [-0.15, -0.1) is 0 Å². The molecule has 0 bridgehead atoms. The molecule has 1 aliphatic heterocycles. The number of hydrogen-bond acceptors (Lipinski definition) is 2. The average Bonchev–Trinajstić information content (AvgIpc) is 1.90. The van der Waals surface area contributed by atoms with Crippen LogP contribution in [0, 0.1) is 5.92 Å². The molecule has 1 fully saturated rings. The number of nitrogens with one attached hydrogen (secondary N) is 2. The van der Waals surface area contributed by atoms with Crippen molar-refractivity contribution < 1.29 is 0 Å². The number of halogens is 1. The summed E-state index contributed by atoms with van der Waals surface area (Å²) in [6.07, 6.45) is 1.23. The first kappa shape index (κ1) is 7.32. The van der Waals surface area contributed by atoms with Crippen molar-refractivity contribution >= 4 is 11.6 Å². The van der Waals surface area contributed by atoms with Gasteiger partial charge in [-0.3, -0.25) is 10.6 Å². The van der Waals surface area contributed by atoms with E-state index < -0.39 is 0 Å². The molecular formula is C6H13ClN2. The van der Waals surface area contributed by atoms with Gasteiger partial charge < -0.3 is 0 Å². The number of hydrogen-bond donors (Lipinski definition) is 2. The molecule has 2 nitrogen and oxygen atoms in total. The van der Waals surface area contributed by atoms with Crippen molar-refractivity contribution in [3.05, 3.63) is 0 Å². The van der Waals surface area contributed by atoms with Gasteiger partial charge in [0.05, 0.1) is 0 Å². The lowest BCUT2D eigenvalue weighted by Gasteiger charge is -2.26. The van der Waals surface area contributed by atoms with E-state index in [2.05, 4.69) is 17.6 Å². The Bertz CT molecular complexity index is 79.1. The van der Waals surface area contributed by atoms with Crippen LogP contribution in [0.3, 0.4) is 0 Å². The van der Waals surface area contributed by atoms with Crippen LogP contribution in [-0.4, -0.2) is 18.7 Å². The molecule has 0 aliphatic carbocycles. The van der Waals surface area contributed by atoms with E-state index in [1.54, 1.807) is 0 Å². The van der Waals surface area contributed by atoms with Gasteiger partial charge in [-0.25, -0.2) is 0 Å². The smallest absolute Gasteiger partial charge is 0.135 e. The standard InChI is InChI=1S/C6H13ClN2/c1-2-5-3-8-6(7)9-4-5/h5-6,8-9H,2-4H2,1H3. The maximum Gasteiger partial charge on any atom is 0.135 e. The Morgan fingerprint density at radius 1 is 1.44 bits per heavy atom. The molecule has 2 N–H and O–H groups in total. The highest BCUT2D eigenvalue weighted by Gasteiger charge is 2.15. The van der Waals surface area contributed by atoms with E-state index in [1.807, 2.05) is 0 Å². The van der Waals surface area contributed by atoms with Crippen LogP contribution in [0.15, 0.2) is 0 Å². The number of alkyl halides is 1. The van der Waals surface area contributed by atoms with Gasteiger partial charge in [-0.1, -0.05) is 24.9 Å². The van der Waals surface area contributed by atoms with Gasteiger partial charge in [0.1, 0.15) is 5.62 Å². The third-order valence-corrected chi connectivity index (χ3v) is 2.06. The first-order chi connectivity index (χ1) is 4.33. The molecule has 0 radical (unpaired) electrons. The van der Waals surface area contributed by atoms with Crippen molar-refractivity contribution in [2.75, 3.05) is 13.1 Å². The zero-order chi connectivity index (χ0) is 6.69. The highest BCUT2D eigenvalue weighted by atomic mass is 35.5. The molecule has 1 aliphatic rings. The van der Waals surface area contributed by atoms with Crippen molar-refractivity contribution in [3.63, 3.8) is 0 Å². The van der Waals surface area contributed by atoms with Gasteiger partial charge in [0.2, 0.25) is 0 Å². The Balaban J connectivity index is 2.18. The highest BCUT2D eigenvalue weighted by molar-refractivity contribution is 6.20. The fourth-order valence-electron chi connectivity index (χ4n) is 0.973. The maximum absolute atomic E-state index is 5.72. The second-order valence-corrected chi connectivity index (χ2v) is 2.89. The lowest BCUT2D eigenvalue weighted by Crippen LogP contribution is -2.49. The van der Waals surface area contributed by atoms with Crippen molar-refractivity contribution in [1.29, 1.82) is 0 Å². The molecule has 1 heterocycles. The fourth-order valence-corrected chi connectivity index (χ4v) is 1.15. The molecule has 9 heavy (non-hydrogen) atoms. The van der Waals surface area contributed by atoms with E-state index in [0.29, 0.717) is 0 Å². The molecule has 54 valence electrons. The molecule has 0 aromatic rings. The van der Waals surface area contributed by atoms with Crippen LogP contribution in [-0.2, 0) is 0 Å². The molecule has 0 spiro atoms. The summed E-state index contributed by atoms with van der Waals surface area (Å²) < 4.78 is 0. The Hall–Kier alpha value is 0.210. The van der Waals surface area contributed by atoms with Crippen LogP contribution < -0.4 is 10.6 Å². The van der Waals surface area contributed by atoms with E-state index in [-0.39, 0.29) is 5.62 Å². The van der Waals surface area contributed by atoms with Gasteiger partial charge in [-0.05, 0) is 5.92 Å². The number of rotatable bonds is 1. The summed E-state index contributed by atoms with van der Waals surface area (Å²) >= 11 is 5.72. The normalized spacial score (nSPS) is 36.7. The topological polar surface area (TPSA) is 24.1 Å². The fraction of sp³-hybridized carbons (Fsp3) is 1.00. The Morgan fingerprint density at radius 2 is 2.00 bits per heavy atom. The molecule has 0 amide bonds. The predicted molar refractivity (Wildman–Crippen MR) is 39.4 cm³/mol. The van der Waals surface area contributed by atoms with Crippen molar-refractivity contribution in [1.82, 2.24) is 10.6 Å². The van der Waals surface area contributed by atoms with Gasteiger partial charge >= 0.3 is 0 Å². The second-order valence-electron chi connectivity index (χ2n) is 2.45. The Kier molecular flexibility index (Phi) is 2.76. The molecule has 1 rings (SSSR count). The zero-order valence-electron chi connectivity index (χ0n) is 5.65. The van der Waals surface area contributed by atoms with E-state index in [4.69, 9.17) is 11.6 Å². The molecule has 0 saturated carbocycles. The lowest BCUT2D eigenvalue weighted by molar-refractivity contribution is 0.343. The minimum absolute atomic E-state index is 0.00667. The minimum atomic E-state index is -0.00667. The van der Waals surface area contributed by atoms with Crippen LogP contribution in [0.2, 0.25) is 0 Å². The van der Waals surface area contributed by atoms with Crippen LogP contribution in [0.4, 0.5) is 0 Å². The van der Waals surface area contributed by atoms with Crippen LogP contribution in [0.1, 0.15) is 13.3 Å². The molecule has 0 aromatic carbocycles. The highest BCUT2D eigenvalue weighted by Crippen LogP contribution is 2.04. The molecule has 0 atom stereocenters. The summed E-state index contributed by atoms with van der Waals surface area (Å²) in [7, 11) is 0. The van der Waals surface area contributed by atoms with Gasteiger partial charge in [0.25, 0.3) is 0 Å². The average molecular weight is 149 g/mol. The summed E-state index contributed by atoms with van der Waals surface area (Å²) in [5, 5.41) is 6.27. The van der Waals surface area contributed by atoms with E-state index in [1.165, 1.54) is 6.42 Å². The molecular weight excluding hydrogens is 136 g/mol. The Labute approximate surface area is 61.0 Å². The van der Waals surface area contributed by atoms with Crippen molar-refractivity contribution in [3.8, 4) is 0 Å². The molecule has 0 aromatic heterocycles. The van der Waals surface area contributed by atoms with E-state index >= 15 is 0 Å². The third-order valence-electron chi connectivity index (χ3n) is 1.75. The SMILES string of the molecule is CCC1CNC(Cl)NC1. The predicted octanol–water partition coefficient (Wildman–Crippen LogP) is 0.728. The summed E-state index contributed by atoms with van der Waals surface area (Å²) in [5.41, 5.74) is -0.00667. The van der Waals surface area contributed by atoms with E-state index in [0.717, 1.165) is 19.0 Å². The largest absolute Gasteiger partial charge is 0.289 e. The summed E-state index contributed by atoms with van der Waals surface area (Å²) in [5.74, 6) is 0.764. The monoisotopic (exact) mass is 148 g/mol. The summed E-state index contributed by atoms with van der Waals surface area (Å²) in [4.78, 5) is 0. The second kappa shape index (κ2) is 3.40. The summed E-state index contributed by atoms with van der Waals surface area (Å²) in [6.45, 7) is 4.30. The van der Waals surface area contributed by atoms with Crippen LogP contribution in [0.5, 0.6) is 0 Å². The van der Waals surface area contributed by atoms with Crippen molar-refractivity contribution in [2.45, 2.75) is 19.0 Å². The molecule has 1 saturated heterocycles. The van der Waals surface area contributed by atoms with Gasteiger partial charge in [0, 0.05) is 13.1 Å². The molecule has 3 heteroatoms. The van der Waals surface area contributed by atoms with E-state index in [9.17, 15) is 0 Å². The zero-order valence-corrected chi connectivity index (χ0v) is 6.41. The van der Waals surface area contributed by atoms with Gasteiger partial charge in [-0.2, -0.15) is 0 Å². The van der Waals surface area contributed by atoms with Crippen molar-refractivity contribution in [2.24, 2.45) is 5.92 Å². The Morgan fingerprint density at radius 3 is 2.44 bits per heavy atom.